The van der Waals surface area contributed by atoms with Crippen molar-refractivity contribution in [2.45, 2.75) is 13.0 Å². The van der Waals surface area contributed by atoms with Crippen LogP contribution in [0.4, 0.5) is 10.1 Å². The molecule has 2 N–H and O–H groups in total. The summed E-state index contributed by atoms with van der Waals surface area (Å²) in [5.74, 6) is -0.353. The molecule has 0 saturated heterocycles. The molecular weight excluding hydrogens is 371 g/mol. The number of hydrogen-bond acceptors (Lipinski definition) is 2. The standard InChI is InChI=1S/C19H18ClFN4S/c20-18-10-16(21)7-6-15(18)12-25-13-17(11-23-25)24-19(26)22-9-8-14-4-2-1-3-5-14/h1-7,10-11,13H,8-9,12H2,(H2,22,24,26). The van der Waals surface area contributed by atoms with Gasteiger partial charge in [0.2, 0.25) is 0 Å². The van der Waals surface area contributed by atoms with E-state index in [0.717, 1.165) is 24.2 Å². The topological polar surface area (TPSA) is 41.9 Å². The quantitative estimate of drug-likeness (QED) is 0.619. The van der Waals surface area contributed by atoms with Crippen LogP contribution in [0.1, 0.15) is 11.1 Å². The summed E-state index contributed by atoms with van der Waals surface area (Å²) in [5.41, 5.74) is 2.83. The molecule has 0 fully saturated rings. The molecule has 0 atom stereocenters. The molecular formula is C19H18ClFN4S. The SMILES string of the molecule is Fc1ccc(Cn2cc(NC(=S)NCCc3ccccc3)cn2)c(Cl)c1. The van der Waals surface area contributed by atoms with Gasteiger partial charge in [0.15, 0.2) is 5.11 Å². The second-order valence-corrected chi connectivity index (χ2v) is 6.59. The molecule has 0 spiro atoms. The van der Waals surface area contributed by atoms with E-state index in [1.807, 2.05) is 24.4 Å². The van der Waals surface area contributed by atoms with E-state index in [2.05, 4.69) is 27.9 Å². The highest BCUT2D eigenvalue weighted by molar-refractivity contribution is 7.80. The zero-order chi connectivity index (χ0) is 18.4. The minimum Gasteiger partial charge on any atom is -0.362 e. The first-order chi connectivity index (χ1) is 12.6. The van der Waals surface area contributed by atoms with Crippen molar-refractivity contribution < 1.29 is 4.39 Å². The predicted octanol–water partition coefficient (Wildman–Crippen LogP) is 4.25. The maximum Gasteiger partial charge on any atom is 0.170 e. The lowest BCUT2D eigenvalue weighted by atomic mass is 10.1. The third kappa shape index (κ3) is 5.28. The van der Waals surface area contributed by atoms with Crippen molar-refractivity contribution in [1.29, 1.82) is 0 Å². The average Bonchev–Trinajstić information content (AvgIpc) is 3.05. The van der Waals surface area contributed by atoms with Gasteiger partial charge in [0.1, 0.15) is 5.82 Å². The van der Waals surface area contributed by atoms with E-state index < -0.39 is 0 Å². The molecule has 0 aliphatic carbocycles. The van der Waals surface area contributed by atoms with Gasteiger partial charge < -0.3 is 10.6 Å². The van der Waals surface area contributed by atoms with Crippen molar-refractivity contribution in [2.75, 3.05) is 11.9 Å². The predicted molar refractivity (Wildman–Crippen MR) is 107 cm³/mol. The molecule has 0 aliphatic rings. The largest absolute Gasteiger partial charge is 0.362 e. The third-order valence-electron chi connectivity index (χ3n) is 3.78. The van der Waals surface area contributed by atoms with Gasteiger partial charge in [0.25, 0.3) is 0 Å². The van der Waals surface area contributed by atoms with Crippen LogP contribution in [-0.2, 0) is 13.0 Å². The maximum atomic E-state index is 13.1. The van der Waals surface area contributed by atoms with Crippen LogP contribution in [0.15, 0.2) is 60.9 Å². The van der Waals surface area contributed by atoms with Crippen molar-refractivity contribution in [1.82, 2.24) is 15.1 Å². The minimum atomic E-state index is -0.353. The second kappa shape index (κ2) is 8.78. The Bertz CT molecular complexity index is 882. The molecule has 3 aromatic rings. The van der Waals surface area contributed by atoms with Gasteiger partial charge in [-0.25, -0.2) is 4.39 Å². The Morgan fingerprint density at radius 2 is 2.00 bits per heavy atom. The molecule has 0 bridgehead atoms. The fourth-order valence-electron chi connectivity index (χ4n) is 2.48. The number of thiocarbonyl (C=S) groups is 1. The highest BCUT2D eigenvalue weighted by Gasteiger charge is 2.06. The number of nitrogens with one attached hydrogen (secondary N) is 2. The van der Waals surface area contributed by atoms with Gasteiger partial charge in [-0.05, 0) is 41.9 Å². The number of anilines is 1. The van der Waals surface area contributed by atoms with E-state index in [1.54, 1.807) is 16.9 Å². The zero-order valence-corrected chi connectivity index (χ0v) is 15.5. The Balaban J connectivity index is 1.49. The highest BCUT2D eigenvalue weighted by atomic mass is 35.5. The molecule has 1 aromatic heterocycles. The summed E-state index contributed by atoms with van der Waals surface area (Å²) in [5, 5.41) is 11.5. The monoisotopic (exact) mass is 388 g/mol. The molecule has 7 heteroatoms. The van der Waals surface area contributed by atoms with Crippen LogP contribution in [0.25, 0.3) is 0 Å². The second-order valence-electron chi connectivity index (χ2n) is 5.78. The highest BCUT2D eigenvalue weighted by Crippen LogP contribution is 2.18. The number of rotatable bonds is 6. The minimum absolute atomic E-state index is 0.353. The third-order valence-corrected chi connectivity index (χ3v) is 4.38. The average molecular weight is 389 g/mol. The van der Waals surface area contributed by atoms with E-state index in [0.29, 0.717) is 16.7 Å². The number of halogens is 2. The van der Waals surface area contributed by atoms with Gasteiger partial charge in [-0.1, -0.05) is 48.0 Å². The van der Waals surface area contributed by atoms with E-state index in [1.165, 1.54) is 17.7 Å². The van der Waals surface area contributed by atoms with Crippen LogP contribution in [0.3, 0.4) is 0 Å². The molecule has 2 aromatic carbocycles. The molecule has 0 radical (unpaired) electrons. The first-order valence-electron chi connectivity index (χ1n) is 8.15. The lowest BCUT2D eigenvalue weighted by Crippen LogP contribution is -2.30. The summed E-state index contributed by atoms with van der Waals surface area (Å²) in [6, 6.07) is 14.6. The Hall–Kier alpha value is -2.44. The molecule has 26 heavy (non-hydrogen) atoms. The van der Waals surface area contributed by atoms with Crippen molar-refractivity contribution in [3.05, 3.63) is 82.9 Å². The van der Waals surface area contributed by atoms with Crippen LogP contribution >= 0.6 is 23.8 Å². The first kappa shape index (κ1) is 18.4. The van der Waals surface area contributed by atoms with Crippen LogP contribution in [0, 0.1) is 5.82 Å². The van der Waals surface area contributed by atoms with Gasteiger partial charge in [0.05, 0.1) is 18.4 Å². The Morgan fingerprint density at radius 3 is 2.77 bits per heavy atom. The summed E-state index contributed by atoms with van der Waals surface area (Å²) in [6.45, 7) is 1.20. The summed E-state index contributed by atoms with van der Waals surface area (Å²) in [6.07, 6.45) is 4.40. The molecule has 0 unspecified atom stereocenters. The van der Waals surface area contributed by atoms with E-state index >= 15 is 0 Å². The normalized spacial score (nSPS) is 10.5. The van der Waals surface area contributed by atoms with Crippen LogP contribution in [0.5, 0.6) is 0 Å². The molecule has 1 heterocycles. The molecule has 0 aliphatic heterocycles. The Morgan fingerprint density at radius 1 is 1.19 bits per heavy atom. The van der Waals surface area contributed by atoms with Crippen LogP contribution in [-0.4, -0.2) is 21.4 Å². The van der Waals surface area contributed by atoms with Gasteiger partial charge >= 0.3 is 0 Å². The van der Waals surface area contributed by atoms with Crippen molar-refractivity contribution in [2.24, 2.45) is 0 Å². The number of benzene rings is 2. The fraction of sp³-hybridized carbons (Fsp3) is 0.158. The lowest BCUT2D eigenvalue weighted by molar-refractivity contribution is 0.624. The van der Waals surface area contributed by atoms with Gasteiger partial charge in [-0.2, -0.15) is 5.10 Å². The van der Waals surface area contributed by atoms with Crippen molar-refractivity contribution in [3.8, 4) is 0 Å². The molecule has 134 valence electrons. The lowest BCUT2D eigenvalue weighted by Gasteiger charge is -2.09. The van der Waals surface area contributed by atoms with Crippen LogP contribution < -0.4 is 10.6 Å². The zero-order valence-electron chi connectivity index (χ0n) is 14.0. The summed E-state index contributed by atoms with van der Waals surface area (Å²) in [4.78, 5) is 0. The summed E-state index contributed by atoms with van der Waals surface area (Å²) >= 11 is 11.4. The number of nitrogens with zero attached hydrogens (tertiary/aromatic N) is 2. The van der Waals surface area contributed by atoms with E-state index in [9.17, 15) is 4.39 Å². The fourth-order valence-corrected chi connectivity index (χ4v) is 2.93. The summed E-state index contributed by atoms with van der Waals surface area (Å²) < 4.78 is 14.8. The van der Waals surface area contributed by atoms with Gasteiger partial charge in [0, 0.05) is 17.8 Å². The Labute approximate surface area is 162 Å². The van der Waals surface area contributed by atoms with Crippen molar-refractivity contribution >= 4 is 34.6 Å². The number of hydrogen-bond donors (Lipinski definition) is 2. The molecule has 4 nitrogen and oxygen atoms in total. The smallest absolute Gasteiger partial charge is 0.170 e. The Kier molecular flexibility index (Phi) is 6.20. The number of aromatic nitrogens is 2. The van der Waals surface area contributed by atoms with Crippen LogP contribution in [0.2, 0.25) is 5.02 Å². The van der Waals surface area contributed by atoms with Gasteiger partial charge in [-0.15, -0.1) is 0 Å². The van der Waals surface area contributed by atoms with Crippen molar-refractivity contribution in [3.63, 3.8) is 0 Å². The molecule has 3 rings (SSSR count). The molecule has 0 amide bonds. The first-order valence-corrected chi connectivity index (χ1v) is 8.94. The summed E-state index contributed by atoms with van der Waals surface area (Å²) in [7, 11) is 0. The van der Waals surface area contributed by atoms with E-state index in [4.69, 9.17) is 23.8 Å². The van der Waals surface area contributed by atoms with Gasteiger partial charge in [-0.3, -0.25) is 4.68 Å². The molecule has 0 saturated carbocycles. The van der Waals surface area contributed by atoms with E-state index in [-0.39, 0.29) is 5.82 Å². The maximum absolute atomic E-state index is 13.1.